The van der Waals surface area contributed by atoms with Gasteiger partial charge in [-0.15, -0.1) is 0 Å². The molecule has 0 aliphatic rings. The smallest absolute Gasteiger partial charge is 0.269 e. The molecule has 0 aliphatic carbocycles. The fourth-order valence-electron chi connectivity index (χ4n) is 1.84. The van der Waals surface area contributed by atoms with Gasteiger partial charge in [0, 0.05) is 24.8 Å². The zero-order chi connectivity index (χ0) is 16.5. The van der Waals surface area contributed by atoms with Crippen molar-refractivity contribution in [1.82, 2.24) is 15.6 Å². The van der Waals surface area contributed by atoms with Gasteiger partial charge in [0.25, 0.3) is 11.8 Å². The highest BCUT2D eigenvalue weighted by molar-refractivity contribution is 5.98. The molecule has 2 amide bonds. The van der Waals surface area contributed by atoms with E-state index >= 15 is 0 Å². The summed E-state index contributed by atoms with van der Waals surface area (Å²) in [6, 6.07) is 3.16. The quantitative estimate of drug-likeness (QED) is 0.775. The Labute approximate surface area is 132 Å². The van der Waals surface area contributed by atoms with Crippen LogP contribution in [-0.2, 0) is 0 Å². The van der Waals surface area contributed by atoms with Gasteiger partial charge in [0.2, 0.25) is 0 Å². The standard InChI is InChI=1S/C17H27N3O2/c1-12(2)5-8-19-16(21)14-7-10-18-15(11-14)17(22)20-9-6-13(3)4/h7,10-13H,5-6,8-9H2,1-4H3,(H,19,21)(H,20,22). The first-order valence-corrected chi connectivity index (χ1v) is 7.92. The molecule has 22 heavy (non-hydrogen) atoms. The molecule has 0 saturated carbocycles. The molecule has 5 nitrogen and oxygen atoms in total. The summed E-state index contributed by atoms with van der Waals surface area (Å²) < 4.78 is 0. The van der Waals surface area contributed by atoms with Gasteiger partial charge in [0.1, 0.15) is 5.69 Å². The van der Waals surface area contributed by atoms with Crippen LogP contribution in [0.15, 0.2) is 18.3 Å². The Morgan fingerprint density at radius 3 is 2.09 bits per heavy atom. The Bertz CT molecular complexity index is 457. The molecule has 0 aromatic carbocycles. The van der Waals surface area contributed by atoms with Gasteiger partial charge in [-0.2, -0.15) is 0 Å². The minimum atomic E-state index is -0.238. The first kappa shape index (κ1) is 18.1. The van der Waals surface area contributed by atoms with E-state index in [2.05, 4.69) is 43.3 Å². The Balaban J connectivity index is 2.57. The van der Waals surface area contributed by atoms with Crippen molar-refractivity contribution in [3.8, 4) is 0 Å². The van der Waals surface area contributed by atoms with Crippen LogP contribution in [-0.4, -0.2) is 29.9 Å². The summed E-state index contributed by atoms with van der Waals surface area (Å²) in [7, 11) is 0. The van der Waals surface area contributed by atoms with E-state index in [0.29, 0.717) is 30.5 Å². The first-order chi connectivity index (χ1) is 10.4. The molecule has 122 valence electrons. The van der Waals surface area contributed by atoms with E-state index in [1.54, 1.807) is 6.07 Å². The zero-order valence-corrected chi connectivity index (χ0v) is 14.0. The largest absolute Gasteiger partial charge is 0.352 e. The Hall–Kier alpha value is -1.91. The third-order valence-electron chi connectivity index (χ3n) is 3.27. The maximum absolute atomic E-state index is 12.0. The number of nitrogens with one attached hydrogen (secondary N) is 2. The number of carbonyl (C=O) groups excluding carboxylic acids is 2. The van der Waals surface area contributed by atoms with Gasteiger partial charge in [-0.3, -0.25) is 14.6 Å². The predicted octanol–water partition coefficient (Wildman–Crippen LogP) is 2.63. The number of hydrogen-bond acceptors (Lipinski definition) is 3. The molecular formula is C17H27N3O2. The first-order valence-electron chi connectivity index (χ1n) is 7.92. The van der Waals surface area contributed by atoms with E-state index in [1.807, 2.05) is 0 Å². The highest BCUT2D eigenvalue weighted by Gasteiger charge is 2.11. The number of amides is 2. The van der Waals surface area contributed by atoms with E-state index in [4.69, 9.17) is 0 Å². The maximum atomic E-state index is 12.0. The minimum Gasteiger partial charge on any atom is -0.352 e. The van der Waals surface area contributed by atoms with Crippen molar-refractivity contribution in [2.45, 2.75) is 40.5 Å². The number of nitrogens with zero attached hydrogens (tertiary/aromatic N) is 1. The van der Waals surface area contributed by atoms with E-state index in [-0.39, 0.29) is 17.5 Å². The number of aromatic nitrogens is 1. The Kier molecular flexibility index (Phi) is 7.57. The topological polar surface area (TPSA) is 71.1 Å². The molecular weight excluding hydrogens is 278 g/mol. The van der Waals surface area contributed by atoms with Gasteiger partial charge in [0.15, 0.2) is 0 Å². The molecule has 0 fully saturated rings. The lowest BCUT2D eigenvalue weighted by Gasteiger charge is -2.09. The average molecular weight is 305 g/mol. The molecule has 5 heteroatoms. The van der Waals surface area contributed by atoms with Crippen LogP contribution in [0.2, 0.25) is 0 Å². The second kappa shape index (κ2) is 9.18. The van der Waals surface area contributed by atoms with Crippen molar-refractivity contribution in [3.05, 3.63) is 29.6 Å². The average Bonchev–Trinajstić information content (AvgIpc) is 2.46. The molecule has 0 spiro atoms. The SMILES string of the molecule is CC(C)CCNC(=O)c1ccnc(C(=O)NCCC(C)C)c1. The van der Waals surface area contributed by atoms with Gasteiger partial charge in [-0.05, 0) is 36.8 Å². The molecule has 2 N–H and O–H groups in total. The number of carbonyl (C=O) groups is 2. The highest BCUT2D eigenvalue weighted by atomic mass is 16.2. The van der Waals surface area contributed by atoms with Crippen molar-refractivity contribution >= 4 is 11.8 Å². The minimum absolute atomic E-state index is 0.167. The zero-order valence-electron chi connectivity index (χ0n) is 14.0. The lowest BCUT2D eigenvalue weighted by molar-refractivity contribution is 0.0947. The van der Waals surface area contributed by atoms with E-state index in [1.165, 1.54) is 12.3 Å². The maximum Gasteiger partial charge on any atom is 0.269 e. The van der Waals surface area contributed by atoms with E-state index in [9.17, 15) is 9.59 Å². The Morgan fingerprint density at radius 1 is 1.00 bits per heavy atom. The number of pyridine rings is 1. The summed E-state index contributed by atoms with van der Waals surface area (Å²) in [5, 5.41) is 5.68. The van der Waals surface area contributed by atoms with Crippen LogP contribution in [0, 0.1) is 11.8 Å². The molecule has 1 aromatic heterocycles. The van der Waals surface area contributed by atoms with Gasteiger partial charge in [-0.1, -0.05) is 27.7 Å². The summed E-state index contributed by atoms with van der Waals surface area (Å²) in [5.74, 6) is 0.670. The molecule has 0 radical (unpaired) electrons. The van der Waals surface area contributed by atoms with Crippen LogP contribution in [0.3, 0.4) is 0 Å². The molecule has 1 aromatic rings. The van der Waals surface area contributed by atoms with E-state index in [0.717, 1.165) is 12.8 Å². The van der Waals surface area contributed by atoms with Crippen molar-refractivity contribution in [3.63, 3.8) is 0 Å². The summed E-state index contributed by atoms with van der Waals surface area (Å²) in [5.41, 5.74) is 0.744. The van der Waals surface area contributed by atoms with E-state index < -0.39 is 0 Å². The van der Waals surface area contributed by atoms with Gasteiger partial charge >= 0.3 is 0 Å². The van der Waals surface area contributed by atoms with Crippen LogP contribution in [0.1, 0.15) is 61.4 Å². The van der Waals surface area contributed by atoms with Crippen LogP contribution < -0.4 is 10.6 Å². The second-order valence-corrected chi connectivity index (χ2v) is 6.31. The third-order valence-corrected chi connectivity index (χ3v) is 3.27. The van der Waals surface area contributed by atoms with Crippen molar-refractivity contribution in [2.24, 2.45) is 11.8 Å². The monoisotopic (exact) mass is 305 g/mol. The molecule has 0 unspecified atom stereocenters. The molecule has 0 bridgehead atoms. The molecule has 0 atom stereocenters. The fourth-order valence-corrected chi connectivity index (χ4v) is 1.84. The lowest BCUT2D eigenvalue weighted by Crippen LogP contribution is -2.28. The number of rotatable bonds is 8. The highest BCUT2D eigenvalue weighted by Crippen LogP contribution is 2.04. The van der Waals surface area contributed by atoms with Gasteiger partial charge in [-0.25, -0.2) is 0 Å². The Morgan fingerprint density at radius 2 is 1.55 bits per heavy atom. The van der Waals surface area contributed by atoms with Crippen molar-refractivity contribution in [2.75, 3.05) is 13.1 Å². The number of hydrogen-bond donors (Lipinski definition) is 2. The van der Waals surface area contributed by atoms with Gasteiger partial charge < -0.3 is 10.6 Å². The molecule has 0 aliphatic heterocycles. The summed E-state index contributed by atoms with van der Waals surface area (Å²) in [6.07, 6.45) is 3.34. The van der Waals surface area contributed by atoms with Gasteiger partial charge in [0.05, 0.1) is 0 Å². The third kappa shape index (κ3) is 6.70. The lowest BCUT2D eigenvalue weighted by atomic mass is 10.1. The van der Waals surface area contributed by atoms with Crippen LogP contribution in [0.5, 0.6) is 0 Å². The molecule has 1 rings (SSSR count). The van der Waals surface area contributed by atoms with Crippen LogP contribution in [0.4, 0.5) is 0 Å². The van der Waals surface area contributed by atoms with Crippen molar-refractivity contribution < 1.29 is 9.59 Å². The molecule has 0 saturated heterocycles. The summed E-state index contributed by atoms with van der Waals surface area (Å²) in [4.78, 5) is 28.1. The summed E-state index contributed by atoms with van der Waals surface area (Å²) >= 11 is 0. The summed E-state index contributed by atoms with van der Waals surface area (Å²) in [6.45, 7) is 9.67. The van der Waals surface area contributed by atoms with Crippen LogP contribution in [0.25, 0.3) is 0 Å². The van der Waals surface area contributed by atoms with Crippen LogP contribution >= 0.6 is 0 Å². The fraction of sp³-hybridized carbons (Fsp3) is 0.588. The second-order valence-electron chi connectivity index (χ2n) is 6.31. The predicted molar refractivity (Wildman–Crippen MR) is 87.8 cm³/mol. The molecule has 1 heterocycles. The van der Waals surface area contributed by atoms with Crippen molar-refractivity contribution in [1.29, 1.82) is 0 Å². The normalized spacial score (nSPS) is 10.8.